The number of carbonyl (C=O) groups excluding carboxylic acids is 1. The first-order valence-corrected chi connectivity index (χ1v) is 6.88. The number of ether oxygens (including phenoxy) is 1. The van der Waals surface area contributed by atoms with E-state index in [4.69, 9.17) is 4.74 Å². The van der Waals surface area contributed by atoms with E-state index >= 15 is 0 Å². The van der Waals surface area contributed by atoms with E-state index in [1.165, 1.54) is 12.8 Å². The topological polar surface area (TPSA) is 50.4 Å². The molecule has 1 heterocycles. The van der Waals surface area contributed by atoms with Crippen molar-refractivity contribution in [2.75, 3.05) is 32.8 Å². The van der Waals surface area contributed by atoms with Crippen molar-refractivity contribution >= 4 is 18.3 Å². The van der Waals surface area contributed by atoms with Crippen LogP contribution in [-0.2, 0) is 9.53 Å². The first kappa shape index (κ1) is 17.7. The molecule has 1 amide bonds. The van der Waals surface area contributed by atoms with Gasteiger partial charge in [-0.15, -0.1) is 12.4 Å². The predicted molar refractivity (Wildman–Crippen MR) is 76.2 cm³/mol. The van der Waals surface area contributed by atoms with Gasteiger partial charge in [0.05, 0.1) is 0 Å². The fourth-order valence-electron chi connectivity index (χ4n) is 2.05. The van der Waals surface area contributed by atoms with Crippen LogP contribution in [0.5, 0.6) is 0 Å². The van der Waals surface area contributed by atoms with Gasteiger partial charge in [0.2, 0.25) is 5.91 Å². The first-order chi connectivity index (χ1) is 8.33. The number of rotatable bonds is 8. The number of amides is 1. The van der Waals surface area contributed by atoms with E-state index in [0.717, 1.165) is 44.8 Å². The molecule has 0 aromatic heterocycles. The van der Waals surface area contributed by atoms with Gasteiger partial charge >= 0.3 is 0 Å². The molecular weight excluding hydrogens is 252 g/mol. The molecule has 1 saturated heterocycles. The first-order valence-electron chi connectivity index (χ1n) is 6.88. The maximum atomic E-state index is 11.4. The molecule has 0 radical (unpaired) electrons. The Balaban J connectivity index is 0.00000289. The van der Waals surface area contributed by atoms with Gasteiger partial charge in [0.15, 0.2) is 0 Å². The van der Waals surface area contributed by atoms with Crippen molar-refractivity contribution in [2.24, 2.45) is 5.92 Å². The summed E-state index contributed by atoms with van der Waals surface area (Å²) < 4.78 is 5.25. The van der Waals surface area contributed by atoms with Gasteiger partial charge in [0, 0.05) is 13.2 Å². The van der Waals surface area contributed by atoms with Crippen LogP contribution < -0.4 is 10.6 Å². The molecule has 1 aliphatic heterocycles. The van der Waals surface area contributed by atoms with Crippen LogP contribution in [0.15, 0.2) is 0 Å². The van der Waals surface area contributed by atoms with E-state index in [0.29, 0.717) is 6.61 Å². The highest BCUT2D eigenvalue weighted by Gasteiger charge is 2.12. The Labute approximate surface area is 117 Å². The Kier molecular flexibility index (Phi) is 11.5. The van der Waals surface area contributed by atoms with Crippen LogP contribution in [0.25, 0.3) is 0 Å². The minimum Gasteiger partial charge on any atom is -0.372 e. The average molecular weight is 279 g/mol. The SMILES string of the molecule is CCCCOCC(=O)NCCC1CCCNC1.Cl. The molecule has 4 nitrogen and oxygen atoms in total. The minimum absolute atomic E-state index is 0. The van der Waals surface area contributed by atoms with E-state index in [1.807, 2.05) is 0 Å². The zero-order valence-corrected chi connectivity index (χ0v) is 12.2. The third-order valence-corrected chi connectivity index (χ3v) is 3.15. The molecule has 1 rings (SSSR count). The molecule has 0 aromatic carbocycles. The third-order valence-electron chi connectivity index (χ3n) is 3.15. The molecule has 108 valence electrons. The Hall–Kier alpha value is -0.320. The number of unbranched alkanes of at least 4 members (excludes halogenated alkanes) is 1. The second-order valence-electron chi connectivity index (χ2n) is 4.76. The van der Waals surface area contributed by atoms with Gasteiger partial charge in [-0.3, -0.25) is 4.79 Å². The van der Waals surface area contributed by atoms with Crippen LogP contribution in [0.4, 0.5) is 0 Å². The summed E-state index contributed by atoms with van der Waals surface area (Å²) in [5.74, 6) is 0.745. The summed E-state index contributed by atoms with van der Waals surface area (Å²) in [4.78, 5) is 11.4. The van der Waals surface area contributed by atoms with Gasteiger partial charge in [0.25, 0.3) is 0 Å². The maximum absolute atomic E-state index is 11.4. The molecule has 1 fully saturated rings. The molecule has 5 heteroatoms. The fraction of sp³-hybridized carbons (Fsp3) is 0.923. The lowest BCUT2D eigenvalue weighted by Gasteiger charge is -2.22. The molecule has 1 unspecified atom stereocenters. The lowest BCUT2D eigenvalue weighted by Crippen LogP contribution is -2.34. The summed E-state index contributed by atoms with van der Waals surface area (Å²) in [6, 6.07) is 0. The number of piperidine rings is 1. The second kappa shape index (κ2) is 11.8. The zero-order chi connectivity index (χ0) is 12.3. The van der Waals surface area contributed by atoms with Gasteiger partial charge in [0.1, 0.15) is 6.61 Å². The fourth-order valence-corrected chi connectivity index (χ4v) is 2.05. The Morgan fingerprint density at radius 2 is 2.33 bits per heavy atom. The van der Waals surface area contributed by atoms with Crippen molar-refractivity contribution in [1.82, 2.24) is 10.6 Å². The number of hydrogen-bond acceptors (Lipinski definition) is 3. The lowest BCUT2D eigenvalue weighted by molar-refractivity contribution is -0.125. The molecule has 18 heavy (non-hydrogen) atoms. The molecule has 1 atom stereocenters. The molecule has 2 N–H and O–H groups in total. The summed E-state index contributed by atoms with van der Waals surface area (Å²) in [5.41, 5.74) is 0. The van der Waals surface area contributed by atoms with Crippen LogP contribution in [-0.4, -0.2) is 38.8 Å². The molecule has 0 saturated carbocycles. The molecule has 1 aliphatic rings. The smallest absolute Gasteiger partial charge is 0.245 e. The van der Waals surface area contributed by atoms with E-state index < -0.39 is 0 Å². The van der Waals surface area contributed by atoms with Crippen molar-refractivity contribution in [3.63, 3.8) is 0 Å². The van der Waals surface area contributed by atoms with E-state index in [2.05, 4.69) is 17.6 Å². The Bertz CT molecular complexity index is 209. The summed E-state index contributed by atoms with van der Waals surface area (Å²) >= 11 is 0. The third kappa shape index (κ3) is 8.72. The zero-order valence-electron chi connectivity index (χ0n) is 11.4. The van der Waals surface area contributed by atoms with Crippen LogP contribution in [0.1, 0.15) is 39.0 Å². The molecular formula is C13H27ClN2O2. The van der Waals surface area contributed by atoms with Crippen molar-refractivity contribution < 1.29 is 9.53 Å². The number of carbonyl (C=O) groups is 1. The maximum Gasteiger partial charge on any atom is 0.245 e. The number of nitrogens with one attached hydrogen (secondary N) is 2. The van der Waals surface area contributed by atoms with Gasteiger partial charge in [-0.2, -0.15) is 0 Å². The standard InChI is InChI=1S/C13H26N2O2.ClH/c1-2-3-9-17-11-13(16)15-8-6-12-5-4-7-14-10-12;/h12,14H,2-11H2,1H3,(H,15,16);1H. The summed E-state index contributed by atoms with van der Waals surface area (Å²) in [5, 5.41) is 6.30. The van der Waals surface area contributed by atoms with E-state index in [1.54, 1.807) is 0 Å². The number of halogens is 1. The molecule has 0 bridgehead atoms. The quantitative estimate of drug-likeness (QED) is 0.665. The van der Waals surface area contributed by atoms with Crippen LogP contribution in [0.3, 0.4) is 0 Å². The Morgan fingerprint density at radius 3 is 3.00 bits per heavy atom. The second-order valence-corrected chi connectivity index (χ2v) is 4.76. The van der Waals surface area contributed by atoms with Crippen molar-refractivity contribution in [2.45, 2.75) is 39.0 Å². The van der Waals surface area contributed by atoms with Crippen molar-refractivity contribution in [3.8, 4) is 0 Å². The Morgan fingerprint density at radius 1 is 1.50 bits per heavy atom. The number of hydrogen-bond donors (Lipinski definition) is 2. The van der Waals surface area contributed by atoms with Gasteiger partial charge < -0.3 is 15.4 Å². The average Bonchev–Trinajstić information content (AvgIpc) is 2.36. The van der Waals surface area contributed by atoms with E-state index in [9.17, 15) is 4.79 Å². The van der Waals surface area contributed by atoms with Gasteiger partial charge in [-0.1, -0.05) is 13.3 Å². The van der Waals surface area contributed by atoms with Crippen molar-refractivity contribution in [3.05, 3.63) is 0 Å². The predicted octanol–water partition coefficient (Wildman–Crippen LogP) is 1.73. The normalized spacial score (nSPS) is 19.1. The van der Waals surface area contributed by atoms with Crippen molar-refractivity contribution in [1.29, 1.82) is 0 Å². The van der Waals surface area contributed by atoms with Crippen LogP contribution >= 0.6 is 12.4 Å². The highest BCUT2D eigenvalue weighted by molar-refractivity contribution is 5.85. The summed E-state index contributed by atoms with van der Waals surface area (Å²) in [6.07, 6.45) is 5.76. The van der Waals surface area contributed by atoms with Crippen LogP contribution in [0, 0.1) is 5.92 Å². The van der Waals surface area contributed by atoms with Gasteiger partial charge in [-0.25, -0.2) is 0 Å². The highest BCUT2D eigenvalue weighted by atomic mass is 35.5. The monoisotopic (exact) mass is 278 g/mol. The van der Waals surface area contributed by atoms with E-state index in [-0.39, 0.29) is 24.9 Å². The summed E-state index contributed by atoms with van der Waals surface area (Å²) in [6.45, 7) is 6.04. The molecule has 0 spiro atoms. The largest absolute Gasteiger partial charge is 0.372 e. The highest BCUT2D eigenvalue weighted by Crippen LogP contribution is 2.12. The van der Waals surface area contributed by atoms with Crippen LogP contribution in [0.2, 0.25) is 0 Å². The van der Waals surface area contributed by atoms with Gasteiger partial charge in [-0.05, 0) is 44.7 Å². The molecule has 0 aliphatic carbocycles. The minimum atomic E-state index is 0. The summed E-state index contributed by atoms with van der Waals surface area (Å²) in [7, 11) is 0. The lowest BCUT2D eigenvalue weighted by atomic mass is 9.96. The molecule has 0 aromatic rings.